The summed E-state index contributed by atoms with van der Waals surface area (Å²) in [4.78, 5) is 9.03. The van der Waals surface area contributed by atoms with Gasteiger partial charge < -0.3 is 5.43 Å². The minimum absolute atomic E-state index is 0.00429. The van der Waals surface area contributed by atoms with Gasteiger partial charge in [0.05, 0.1) is 11.4 Å². The van der Waals surface area contributed by atoms with E-state index < -0.39 is 0 Å². The summed E-state index contributed by atoms with van der Waals surface area (Å²) in [7, 11) is 0. The molecule has 0 bridgehead atoms. The molecule has 0 saturated heterocycles. The molecule has 1 aromatic rings. The molecule has 1 unspecified atom stereocenters. The van der Waals surface area contributed by atoms with Crippen LogP contribution in [0.25, 0.3) is 0 Å². The number of anilines is 1. The lowest BCUT2D eigenvalue weighted by atomic mass is 9.92. The minimum Gasteiger partial charge on any atom is -0.308 e. The molecule has 1 rings (SSSR count). The lowest BCUT2D eigenvalue weighted by molar-refractivity contribution is 0.564. The summed E-state index contributed by atoms with van der Waals surface area (Å²) in [5, 5.41) is 0.626. The molecule has 0 aliphatic heterocycles. The van der Waals surface area contributed by atoms with Gasteiger partial charge in [0.2, 0.25) is 0 Å². The third kappa shape index (κ3) is 4.46. The van der Waals surface area contributed by atoms with Crippen LogP contribution in [0.4, 0.5) is 5.82 Å². The van der Waals surface area contributed by atoms with E-state index >= 15 is 0 Å². The standard InChI is InChI=1S/C13H24N4S/c1-6-9(2)18-8-12-15-10(13(3,4)5)7-11(16-12)17-14/h7,9H,6,8,14H2,1-5H3,(H,15,16,17). The van der Waals surface area contributed by atoms with Crippen molar-refractivity contribution in [2.24, 2.45) is 5.84 Å². The van der Waals surface area contributed by atoms with E-state index in [1.54, 1.807) is 0 Å². The Kier molecular flexibility index (Phi) is 5.41. The second kappa shape index (κ2) is 6.38. The van der Waals surface area contributed by atoms with Crippen molar-refractivity contribution in [3.63, 3.8) is 0 Å². The maximum atomic E-state index is 5.47. The van der Waals surface area contributed by atoms with E-state index in [0.717, 1.165) is 23.7 Å². The Balaban J connectivity index is 2.91. The molecule has 1 heterocycles. The average Bonchev–Trinajstić information content (AvgIpc) is 2.34. The quantitative estimate of drug-likeness (QED) is 0.634. The SMILES string of the molecule is CCC(C)SCc1nc(NN)cc(C(C)(C)C)n1. The number of nitrogens with zero attached hydrogens (tertiary/aromatic N) is 2. The number of nitrogens with two attached hydrogens (primary N) is 1. The van der Waals surface area contributed by atoms with E-state index in [2.05, 4.69) is 50.0 Å². The molecule has 1 atom stereocenters. The van der Waals surface area contributed by atoms with Gasteiger partial charge in [-0.2, -0.15) is 11.8 Å². The summed E-state index contributed by atoms with van der Waals surface area (Å²) in [6.07, 6.45) is 1.16. The fourth-order valence-corrected chi connectivity index (χ4v) is 2.15. The van der Waals surface area contributed by atoms with E-state index in [-0.39, 0.29) is 5.41 Å². The van der Waals surface area contributed by atoms with Crippen LogP contribution in [-0.2, 0) is 11.2 Å². The first kappa shape index (κ1) is 15.2. The van der Waals surface area contributed by atoms with Crippen molar-refractivity contribution in [1.82, 2.24) is 9.97 Å². The highest BCUT2D eigenvalue weighted by atomic mass is 32.2. The van der Waals surface area contributed by atoms with Crippen LogP contribution in [0.3, 0.4) is 0 Å². The molecule has 0 spiro atoms. The molecule has 4 nitrogen and oxygen atoms in total. The smallest absolute Gasteiger partial charge is 0.143 e. The highest BCUT2D eigenvalue weighted by Crippen LogP contribution is 2.24. The third-order valence-electron chi connectivity index (χ3n) is 2.76. The Morgan fingerprint density at radius 3 is 2.56 bits per heavy atom. The van der Waals surface area contributed by atoms with Crippen molar-refractivity contribution >= 4 is 17.6 Å². The second-order valence-electron chi connectivity index (χ2n) is 5.48. The third-order valence-corrected chi connectivity index (χ3v) is 4.09. The van der Waals surface area contributed by atoms with Gasteiger partial charge in [-0.3, -0.25) is 0 Å². The Morgan fingerprint density at radius 1 is 1.39 bits per heavy atom. The molecule has 0 saturated carbocycles. The summed E-state index contributed by atoms with van der Waals surface area (Å²) in [6, 6.07) is 1.91. The predicted molar refractivity (Wildman–Crippen MR) is 79.6 cm³/mol. The van der Waals surface area contributed by atoms with Crippen molar-refractivity contribution in [1.29, 1.82) is 0 Å². The molecule has 1 aromatic heterocycles. The van der Waals surface area contributed by atoms with Crippen molar-refractivity contribution in [3.8, 4) is 0 Å². The number of nitrogens with one attached hydrogen (secondary N) is 1. The molecular weight excluding hydrogens is 244 g/mol. The molecule has 5 heteroatoms. The lowest BCUT2D eigenvalue weighted by Gasteiger charge is -2.19. The average molecular weight is 268 g/mol. The summed E-state index contributed by atoms with van der Waals surface area (Å²) in [5.74, 6) is 7.83. The van der Waals surface area contributed by atoms with E-state index in [1.807, 2.05) is 17.8 Å². The van der Waals surface area contributed by atoms with E-state index in [9.17, 15) is 0 Å². The maximum absolute atomic E-state index is 5.47. The van der Waals surface area contributed by atoms with Gasteiger partial charge in [0, 0.05) is 16.7 Å². The Morgan fingerprint density at radius 2 is 2.06 bits per heavy atom. The first-order valence-corrected chi connectivity index (χ1v) is 7.38. The molecule has 18 heavy (non-hydrogen) atoms. The number of thioether (sulfide) groups is 1. The molecule has 0 radical (unpaired) electrons. The Bertz CT molecular complexity index is 387. The zero-order chi connectivity index (χ0) is 13.8. The minimum atomic E-state index is 0.00429. The monoisotopic (exact) mass is 268 g/mol. The second-order valence-corrected chi connectivity index (χ2v) is 6.91. The lowest BCUT2D eigenvalue weighted by Crippen LogP contribution is -2.18. The van der Waals surface area contributed by atoms with Crippen molar-refractivity contribution in [3.05, 3.63) is 17.6 Å². The van der Waals surface area contributed by atoms with Gasteiger partial charge >= 0.3 is 0 Å². The summed E-state index contributed by atoms with van der Waals surface area (Å²) >= 11 is 1.87. The van der Waals surface area contributed by atoms with Crippen molar-refractivity contribution < 1.29 is 0 Å². The number of rotatable bonds is 5. The molecule has 0 aromatic carbocycles. The molecular formula is C13H24N4S. The van der Waals surface area contributed by atoms with Gasteiger partial charge in [0.25, 0.3) is 0 Å². The van der Waals surface area contributed by atoms with Gasteiger partial charge in [-0.25, -0.2) is 15.8 Å². The van der Waals surface area contributed by atoms with Crippen LogP contribution in [-0.4, -0.2) is 15.2 Å². The summed E-state index contributed by atoms with van der Waals surface area (Å²) in [6.45, 7) is 10.8. The fourth-order valence-electron chi connectivity index (χ4n) is 1.35. The molecule has 3 N–H and O–H groups in total. The van der Waals surface area contributed by atoms with Crippen LogP contribution in [0.1, 0.15) is 52.6 Å². The number of hydrogen-bond acceptors (Lipinski definition) is 5. The summed E-state index contributed by atoms with van der Waals surface area (Å²) in [5.41, 5.74) is 3.64. The van der Waals surface area contributed by atoms with E-state index in [0.29, 0.717) is 11.1 Å². The largest absolute Gasteiger partial charge is 0.308 e. The van der Waals surface area contributed by atoms with Crippen molar-refractivity contribution in [2.45, 2.75) is 57.5 Å². The number of hydrogen-bond donors (Lipinski definition) is 2. The number of hydrazine groups is 1. The van der Waals surface area contributed by atoms with Gasteiger partial charge in [-0.05, 0) is 6.42 Å². The number of aromatic nitrogens is 2. The van der Waals surface area contributed by atoms with Crippen LogP contribution >= 0.6 is 11.8 Å². The van der Waals surface area contributed by atoms with Crippen LogP contribution in [0.2, 0.25) is 0 Å². The Labute approximate surface area is 114 Å². The molecule has 0 amide bonds. The molecule has 102 valence electrons. The maximum Gasteiger partial charge on any atom is 0.143 e. The van der Waals surface area contributed by atoms with Gasteiger partial charge in [-0.1, -0.05) is 34.6 Å². The van der Waals surface area contributed by atoms with Crippen LogP contribution < -0.4 is 11.3 Å². The normalized spacial score (nSPS) is 13.4. The zero-order valence-corrected chi connectivity index (χ0v) is 12.8. The van der Waals surface area contributed by atoms with Gasteiger partial charge in [0.1, 0.15) is 11.6 Å². The first-order valence-electron chi connectivity index (χ1n) is 6.33. The number of nitrogen functional groups attached to an aromatic ring is 1. The highest BCUT2D eigenvalue weighted by Gasteiger charge is 2.18. The topological polar surface area (TPSA) is 63.8 Å². The Hall–Kier alpha value is -0.810. The van der Waals surface area contributed by atoms with Crippen LogP contribution in [0.15, 0.2) is 6.07 Å². The van der Waals surface area contributed by atoms with E-state index in [1.165, 1.54) is 0 Å². The molecule has 0 fully saturated rings. The van der Waals surface area contributed by atoms with Crippen molar-refractivity contribution in [2.75, 3.05) is 5.43 Å². The fraction of sp³-hybridized carbons (Fsp3) is 0.692. The van der Waals surface area contributed by atoms with Crippen LogP contribution in [0.5, 0.6) is 0 Å². The van der Waals surface area contributed by atoms with Gasteiger partial charge in [0.15, 0.2) is 0 Å². The molecule has 0 aliphatic carbocycles. The molecule has 0 aliphatic rings. The zero-order valence-electron chi connectivity index (χ0n) is 11.9. The van der Waals surface area contributed by atoms with Gasteiger partial charge in [-0.15, -0.1) is 0 Å². The predicted octanol–water partition coefficient (Wildman–Crippen LogP) is 3.09. The summed E-state index contributed by atoms with van der Waals surface area (Å²) < 4.78 is 0. The van der Waals surface area contributed by atoms with Crippen LogP contribution in [0, 0.1) is 0 Å². The highest BCUT2D eigenvalue weighted by molar-refractivity contribution is 7.99. The van der Waals surface area contributed by atoms with E-state index in [4.69, 9.17) is 5.84 Å². The first-order chi connectivity index (χ1) is 8.36.